The fraction of sp³-hybridized carbons (Fsp3) is 0.455. The number of hydrogen-bond donors (Lipinski definition) is 4. The number of amides is 1. The zero-order chi connectivity index (χ0) is 13.8. The summed E-state index contributed by atoms with van der Waals surface area (Å²) < 4.78 is 0. The Kier molecular flexibility index (Phi) is 3.79. The first-order valence-corrected chi connectivity index (χ1v) is 6.08. The molecule has 2 aromatic heterocycles. The summed E-state index contributed by atoms with van der Waals surface area (Å²) in [6.07, 6.45) is 1.54. The number of aromatic nitrogens is 4. The van der Waals surface area contributed by atoms with Crippen molar-refractivity contribution in [1.29, 1.82) is 0 Å². The highest BCUT2D eigenvalue weighted by Crippen LogP contribution is 2.18. The molecule has 1 amide bonds. The zero-order valence-electron chi connectivity index (χ0n) is 11.1. The predicted octanol–water partition coefficient (Wildman–Crippen LogP) is 0.331. The number of fused-ring (bicyclic) bond motifs is 1. The van der Waals surface area contributed by atoms with E-state index in [9.17, 15) is 4.79 Å². The molecule has 102 valence electrons. The minimum atomic E-state index is -0.397. The third-order valence-electron chi connectivity index (χ3n) is 2.61. The van der Waals surface area contributed by atoms with Crippen molar-refractivity contribution < 1.29 is 4.79 Å². The average Bonchev–Trinajstić information content (AvgIpc) is 2.87. The SMILES string of the molecule is CCNC(=O)C(C)Nc1nc(NC)nc2nc[nH]c12. The van der Waals surface area contributed by atoms with E-state index in [2.05, 4.69) is 35.9 Å². The van der Waals surface area contributed by atoms with Crippen LogP contribution in [0.3, 0.4) is 0 Å². The minimum absolute atomic E-state index is 0.0835. The summed E-state index contributed by atoms with van der Waals surface area (Å²) in [5.41, 5.74) is 1.22. The molecule has 2 rings (SSSR count). The largest absolute Gasteiger partial charge is 0.357 e. The highest BCUT2D eigenvalue weighted by molar-refractivity contribution is 5.89. The third kappa shape index (κ3) is 2.72. The topological polar surface area (TPSA) is 108 Å². The van der Waals surface area contributed by atoms with Gasteiger partial charge in [0, 0.05) is 13.6 Å². The van der Waals surface area contributed by atoms with E-state index in [1.807, 2.05) is 6.92 Å². The lowest BCUT2D eigenvalue weighted by Crippen LogP contribution is -2.37. The van der Waals surface area contributed by atoms with E-state index in [-0.39, 0.29) is 5.91 Å². The second-order valence-electron chi connectivity index (χ2n) is 4.01. The molecule has 2 heterocycles. The summed E-state index contributed by atoms with van der Waals surface area (Å²) in [5.74, 6) is 0.913. The number of nitrogens with zero attached hydrogens (tertiary/aromatic N) is 3. The summed E-state index contributed by atoms with van der Waals surface area (Å²) in [7, 11) is 1.73. The van der Waals surface area contributed by atoms with Crippen LogP contribution in [0.4, 0.5) is 11.8 Å². The van der Waals surface area contributed by atoms with Crippen molar-refractivity contribution in [3.05, 3.63) is 6.33 Å². The van der Waals surface area contributed by atoms with Crippen molar-refractivity contribution >= 4 is 28.8 Å². The molecular weight excluding hydrogens is 246 g/mol. The van der Waals surface area contributed by atoms with E-state index >= 15 is 0 Å². The van der Waals surface area contributed by atoms with Gasteiger partial charge in [-0.05, 0) is 13.8 Å². The van der Waals surface area contributed by atoms with Crippen molar-refractivity contribution in [3.63, 3.8) is 0 Å². The summed E-state index contributed by atoms with van der Waals surface area (Å²) in [4.78, 5) is 27.3. The normalized spacial score (nSPS) is 12.2. The van der Waals surface area contributed by atoms with E-state index in [1.165, 1.54) is 0 Å². The number of nitrogens with one attached hydrogen (secondary N) is 4. The molecule has 19 heavy (non-hydrogen) atoms. The lowest BCUT2D eigenvalue weighted by atomic mass is 10.3. The van der Waals surface area contributed by atoms with Gasteiger partial charge in [0.1, 0.15) is 11.6 Å². The molecule has 0 aliphatic rings. The van der Waals surface area contributed by atoms with Crippen LogP contribution >= 0.6 is 0 Å². The quantitative estimate of drug-likeness (QED) is 0.619. The molecule has 0 saturated carbocycles. The van der Waals surface area contributed by atoms with Gasteiger partial charge < -0.3 is 20.9 Å². The summed E-state index contributed by atoms with van der Waals surface area (Å²) in [6, 6.07) is -0.397. The molecule has 1 atom stereocenters. The highest BCUT2D eigenvalue weighted by Gasteiger charge is 2.16. The molecule has 0 fully saturated rings. The predicted molar refractivity (Wildman–Crippen MR) is 73.0 cm³/mol. The second kappa shape index (κ2) is 5.51. The first-order chi connectivity index (χ1) is 9.15. The van der Waals surface area contributed by atoms with Gasteiger partial charge >= 0.3 is 0 Å². The van der Waals surface area contributed by atoms with Crippen LogP contribution in [0.25, 0.3) is 11.2 Å². The number of imidazole rings is 1. The Bertz CT molecular complexity index is 579. The van der Waals surface area contributed by atoms with Crippen molar-refractivity contribution in [1.82, 2.24) is 25.3 Å². The third-order valence-corrected chi connectivity index (χ3v) is 2.61. The molecule has 0 radical (unpaired) electrons. The Labute approximate surface area is 110 Å². The molecule has 0 bridgehead atoms. The van der Waals surface area contributed by atoms with E-state index in [1.54, 1.807) is 20.3 Å². The number of H-pyrrole nitrogens is 1. The van der Waals surface area contributed by atoms with Crippen molar-refractivity contribution in [2.45, 2.75) is 19.9 Å². The molecule has 0 saturated heterocycles. The average molecular weight is 263 g/mol. The van der Waals surface area contributed by atoms with Gasteiger partial charge in [-0.15, -0.1) is 0 Å². The molecule has 1 unspecified atom stereocenters. The van der Waals surface area contributed by atoms with Gasteiger partial charge in [-0.1, -0.05) is 0 Å². The Balaban J connectivity index is 2.28. The maximum atomic E-state index is 11.7. The molecule has 0 aliphatic heterocycles. The highest BCUT2D eigenvalue weighted by atomic mass is 16.2. The number of likely N-dealkylation sites (N-methyl/N-ethyl adjacent to an activating group) is 1. The van der Waals surface area contributed by atoms with Crippen LogP contribution in [0.1, 0.15) is 13.8 Å². The lowest BCUT2D eigenvalue weighted by Gasteiger charge is -2.14. The monoisotopic (exact) mass is 263 g/mol. The van der Waals surface area contributed by atoms with Crippen LogP contribution in [0.2, 0.25) is 0 Å². The molecule has 8 nitrogen and oxygen atoms in total. The Morgan fingerprint density at radius 2 is 2.26 bits per heavy atom. The molecule has 4 N–H and O–H groups in total. The van der Waals surface area contributed by atoms with Crippen LogP contribution < -0.4 is 16.0 Å². The Morgan fingerprint density at radius 3 is 2.95 bits per heavy atom. The number of anilines is 2. The van der Waals surface area contributed by atoms with Crippen LogP contribution in [0.15, 0.2) is 6.33 Å². The Hall–Kier alpha value is -2.38. The van der Waals surface area contributed by atoms with Crippen molar-refractivity contribution in [2.24, 2.45) is 0 Å². The molecule has 0 spiro atoms. The molecule has 0 aromatic carbocycles. The van der Waals surface area contributed by atoms with Crippen LogP contribution in [-0.4, -0.2) is 45.5 Å². The zero-order valence-corrected chi connectivity index (χ0v) is 11.1. The summed E-state index contributed by atoms with van der Waals surface area (Å²) in [6.45, 7) is 4.24. The number of carbonyl (C=O) groups excluding carboxylic acids is 1. The van der Waals surface area contributed by atoms with Crippen LogP contribution in [0.5, 0.6) is 0 Å². The van der Waals surface area contributed by atoms with Gasteiger partial charge in [-0.3, -0.25) is 4.79 Å². The maximum absolute atomic E-state index is 11.7. The smallest absolute Gasteiger partial charge is 0.242 e. The molecule has 2 aromatic rings. The van der Waals surface area contributed by atoms with Crippen molar-refractivity contribution in [3.8, 4) is 0 Å². The molecular formula is C11H17N7O. The fourth-order valence-electron chi connectivity index (χ4n) is 1.65. The van der Waals surface area contributed by atoms with Crippen LogP contribution in [-0.2, 0) is 4.79 Å². The van der Waals surface area contributed by atoms with Gasteiger partial charge in [0.25, 0.3) is 0 Å². The minimum Gasteiger partial charge on any atom is -0.357 e. The van der Waals surface area contributed by atoms with E-state index in [4.69, 9.17) is 0 Å². The molecule has 0 aliphatic carbocycles. The standard InChI is InChI=1S/C11H17N7O/c1-4-13-10(19)6(2)16-9-7-8(15-5-14-7)17-11(12-3)18-9/h5-6H,4H2,1-3H3,(H,13,19)(H3,12,14,15,16,17,18). The number of aromatic amines is 1. The van der Waals surface area contributed by atoms with Gasteiger partial charge in [0.15, 0.2) is 11.5 Å². The van der Waals surface area contributed by atoms with Gasteiger partial charge in [-0.2, -0.15) is 9.97 Å². The van der Waals surface area contributed by atoms with E-state index < -0.39 is 6.04 Å². The fourth-order valence-corrected chi connectivity index (χ4v) is 1.65. The van der Waals surface area contributed by atoms with Gasteiger partial charge in [0.2, 0.25) is 11.9 Å². The number of rotatable bonds is 5. The first kappa shape index (κ1) is 13.1. The number of hydrogen-bond acceptors (Lipinski definition) is 6. The number of carbonyl (C=O) groups is 1. The first-order valence-electron chi connectivity index (χ1n) is 6.08. The second-order valence-corrected chi connectivity index (χ2v) is 4.01. The summed E-state index contributed by atoms with van der Waals surface area (Å²) >= 11 is 0. The van der Waals surface area contributed by atoms with Crippen molar-refractivity contribution in [2.75, 3.05) is 24.2 Å². The van der Waals surface area contributed by atoms with Crippen LogP contribution in [0, 0.1) is 0 Å². The van der Waals surface area contributed by atoms with E-state index in [0.717, 1.165) is 0 Å². The van der Waals surface area contributed by atoms with E-state index in [0.29, 0.717) is 29.5 Å². The maximum Gasteiger partial charge on any atom is 0.242 e. The lowest BCUT2D eigenvalue weighted by molar-refractivity contribution is -0.121. The summed E-state index contributed by atoms with van der Waals surface area (Å²) in [5, 5.41) is 8.67. The Morgan fingerprint density at radius 1 is 1.47 bits per heavy atom. The molecule has 8 heteroatoms. The van der Waals surface area contributed by atoms with Gasteiger partial charge in [0.05, 0.1) is 6.33 Å². The van der Waals surface area contributed by atoms with Gasteiger partial charge in [-0.25, -0.2) is 4.98 Å².